The number of anilines is 1. The number of hydrogen-bond donors (Lipinski definition) is 1. The molecule has 1 aliphatic rings. The van der Waals surface area contributed by atoms with E-state index in [2.05, 4.69) is 10.1 Å². The predicted octanol–water partition coefficient (Wildman–Crippen LogP) is 4.04. The first kappa shape index (κ1) is 17.3. The number of rotatable bonds is 4. The average Bonchev–Trinajstić information content (AvgIpc) is 2.88. The largest absolute Gasteiger partial charge is 0.481 e. The quantitative estimate of drug-likeness (QED) is 0.644. The van der Waals surface area contributed by atoms with Crippen molar-refractivity contribution in [3.05, 3.63) is 57.6 Å². The summed E-state index contributed by atoms with van der Waals surface area (Å²) in [6.45, 7) is -0.243. The van der Waals surface area contributed by atoms with Crippen LogP contribution in [0, 0.1) is 0 Å². The number of halogens is 2. The van der Waals surface area contributed by atoms with Crippen LogP contribution in [0.2, 0.25) is 10.0 Å². The van der Waals surface area contributed by atoms with Gasteiger partial charge in [0, 0.05) is 26.7 Å². The van der Waals surface area contributed by atoms with Crippen molar-refractivity contribution in [3.63, 3.8) is 0 Å². The van der Waals surface area contributed by atoms with Crippen molar-refractivity contribution >= 4 is 52.4 Å². The number of ether oxygens (including phenoxy) is 2. The van der Waals surface area contributed by atoms with Gasteiger partial charge in [0.15, 0.2) is 6.61 Å². The molecule has 0 unspecified atom stereocenters. The van der Waals surface area contributed by atoms with Crippen LogP contribution in [0.3, 0.4) is 0 Å². The van der Waals surface area contributed by atoms with Gasteiger partial charge in [-0.15, -0.1) is 0 Å². The van der Waals surface area contributed by atoms with E-state index >= 15 is 0 Å². The smallest absolute Gasteiger partial charge is 0.343 e. The van der Waals surface area contributed by atoms with Gasteiger partial charge in [0.2, 0.25) is 0 Å². The molecular weight excluding hydrogens is 365 g/mol. The van der Waals surface area contributed by atoms with E-state index in [0.29, 0.717) is 32.6 Å². The minimum atomic E-state index is -0.507. The normalized spacial score (nSPS) is 14.2. The number of hydrogen-bond acceptors (Lipinski definition) is 4. The van der Waals surface area contributed by atoms with Crippen molar-refractivity contribution in [2.45, 2.75) is 0 Å². The molecule has 7 heteroatoms. The highest BCUT2D eigenvalue weighted by Gasteiger charge is 2.24. The fraction of sp³-hybridized carbons (Fsp3) is 0.111. The highest BCUT2D eigenvalue weighted by molar-refractivity contribution is 6.37. The molecule has 3 rings (SSSR count). The number of amides is 1. The molecule has 0 saturated heterocycles. The summed E-state index contributed by atoms with van der Waals surface area (Å²) in [5, 5.41) is 3.77. The highest BCUT2D eigenvalue weighted by atomic mass is 35.5. The number of fused-ring (bicyclic) bond motifs is 1. The van der Waals surface area contributed by atoms with Crippen molar-refractivity contribution in [1.82, 2.24) is 0 Å². The Kier molecular flexibility index (Phi) is 4.97. The molecule has 0 saturated carbocycles. The lowest BCUT2D eigenvalue weighted by Crippen LogP contribution is -2.13. The van der Waals surface area contributed by atoms with Crippen LogP contribution in [0.5, 0.6) is 5.75 Å². The van der Waals surface area contributed by atoms with Crippen molar-refractivity contribution in [2.24, 2.45) is 0 Å². The maximum atomic E-state index is 12.3. The molecular formula is C18H13Cl2NO4. The van der Waals surface area contributed by atoms with Gasteiger partial charge in [-0.3, -0.25) is 4.79 Å². The number of benzene rings is 2. The van der Waals surface area contributed by atoms with Gasteiger partial charge in [0.05, 0.1) is 12.8 Å². The molecule has 128 valence electrons. The van der Waals surface area contributed by atoms with Gasteiger partial charge in [-0.2, -0.15) is 0 Å². The number of methoxy groups -OCH3 is 1. The zero-order chi connectivity index (χ0) is 18.0. The summed E-state index contributed by atoms with van der Waals surface area (Å²) >= 11 is 12.0. The molecule has 1 N–H and O–H groups in total. The van der Waals surface area contributed by atoms with Crippen molar-refractivity contribution in [1.29, 1.82) is 0 Å². The summed E-state index contributed by atoms with van der Waals surface area (Å²) in [5.74, 6) is -0.346. The maximum absolute atomic E-state index is 12.3. The monoisotopic (exact) mass is 377 g/mol. The van der Waals surface area contributed by atoms with E-state index < -0.39 is 5.97 Å². The van der Waals surface area contributed by atoms with Crippen LogP contribution in [0.1, 0.15) is 11.1 Å². The lowest BCUT2D eigenvalue weighted by Gasteiger charge is -2.09. The first-order valence-electron chi connectivity index (χ1n) is 7.30. The van der Waals surface area contributed by atoms with E-state index in [-0.39, 0.29) is 12.5 Å². The third-order valence-electron chi connectivity index (χ3n) is 3.61. The summed E-state index contributed by atoms with van der Waals surface area (Å²) in [6, 6.07) is 10.1. The van der Waals surface area contributed by atoms with Crippen LogP contribution < -0.4 is 10.1 Å². The van der Waals surface area contributed by atoms with Crippen LogP contribution >= 0.6 is 23.2 Å². The van der Waals surface area contributed by atoms with Crippen molar-refractivity contribution in [2.75, 3.05) is 19.0 Å². The Morgan fingerprint density at radius 3 is 2.64 bits per heavy atom. The Balaban J connectivity index is 1.99. The molecule has 0 aromatic heterocycles. The lowest BCUT2D eigenvalue weighted by molar-refractivity contribution is -0.142. The van der Waals surface area contributed by atoms with Crippen LogP contribution in [0.15, 0.2) is 36.4 Å². The van der Waals surface area contributed by atoms with Crippen LogP contribution in [0.25, 0.3) is 11.6 Å². The number of carbonyl (C=O) groups is 2. The zero-order valence-corrected chi connectivity index (χ0v) is 14.6. The fourth-order valence-electron chi connectivity index (χ4n) is 2.42. The Bertz CT molecular complexity index is 893. The molecule has 1 heterocycles. The Morgan fingerprint density at radius 1 is 1.16 bits per heavy atom. The summed E-state index contributed by atoms with van der Waals surface area (Å²) in [7, 11) is 1.28. The van der Waals surface area contributed by atoms with Gasteiger partial charge in [0.25, 0.3) is 5.91 Å². The summed E-state index contributed by atoms with van der Waals surface area (Å²) in [4.78, 5) is 23.6. The van der Waals surface area contributed by atoms with E-state index in [1.165, 1.54) is 7.11 Å². The second-order valence-corrected chi connectivity index (χ2v) is 6.12. The minimum Gasteiger partial charge on any atom is -0.481 e. The zero-order valence-electron chi connectivity index (χ0n) is 13.1. The third-order valence-corrected chi connectivity index (χ3v) is 4.08. The van der Waals surface area contributed by atoms with E-state index in [1.54, 1.807) is 42.5 Å². The Hall–Kier alpha value is -2.50. The summed E-state index contributed by atoms with van der Waals surface area (Å²) in [5.41, 5.74) is 2.40. The van der Waals surface area contributed by atoms with E-state index in [1.807, 2.05) is 0 Å². The maximum Gasteiger partial charge on any atom is 0.343 e. The lowest BCUT2D eigenvalue weighted by atomic mass is 10.0. The average molecular weight is 378 g/mol. The molecule has 0 aliphatic carbocycles. The number of carbonyl (C=O) groups excluding carboxylic acids is 2. The van der Waals surface area contributed by atoms with Gasteiger partial charge in [-0.05, 0) is 36.4 Å². The molecule has 25 heavy (non-hydrogen) atoms. The SMILES string of the molecule is COC(=O)COc1ccc(Cl)cc1/C=C1\C(=O)Nc2cc(Cl)ccc21. The first-order valence-corrected chi connectivity index (χ1v) is 8.05. The van der Waals surface area contributed by atoms with Gasteiger partial charge < -0.3 is 14.8 Å². The number of esters is 1. The molecule has 0 bridgehead atoms. The molecule has 2 aromatic rings. The Morgan fingerprint density at radius 2 is 1.88 bits per heavy atom. The van der Waals surface area contributed by atoms with Gasteiger partial charge in [-0.1, -0.05) is 29.3 Å². The molecule has 1 aliphatic heterocycles. The minimum absolute atomic E-state index is 0.243. The molecule has 0 atom stereocenters. The number of nitrogens with one attached hydrogen (secondary N) is 1. The van der Waals surface area contributed by atoms with Crippen LogP contribution in [-0.4, -0.2) is 25.6 Å². The summed E-state index contributed by atoms with van der Waals surface area (Å²) < 4.78 is 10.0. The van der Waals surface area contributed by atoms with E-state index in [9.17, 15) is 9.59 Å². The van der Waals surface area contributed by atoms with Crippen LogP contribution in [-0.2, 0) is 14.3 Å². The molecule has 5 nitrogen and oxygen atoms in total. The summed E-state index contributed by atoms with van der Waals surface area (Å²) in [6.07, 6.45) is 1.66. The molecule has 1 amide bonds. The van der Waals surface area contributed by atoms with Crippen molar-refractivity contribution in [3.8, 4) is 5.75 Å². The van der Waals surface area contributed by atoms with Crippen LogP contribution in [0.4, 0.5) is 5.69 Å². The fourth-order valence-corrected chi connectivity index (χ4v) is 2.78. The van der Waals surface area contributed by atoms with Crippen molar-refractivity contribution < 1.29 is 19.1 Å². The second kappa shape index (κ2) is 7.17. The molecule has 2 aromatic carbocycles. The molecule has 0 fully saturated rings. The van der Waals surface area contributed by atoms with Gasteiger partial charge >= 0.3 is 5.97 Å². The topological polar surface area (TPSA) is 64.6 Å². The predicted molar refractivity (Wildman–Crippen MR) is 96.9 cm³/mol. The van der Waals surface area contributed by atoms with Gasteiger partial charge in [0.1, 0.15) is 5.75 Å². The van der Waals surface area contributed by atoms with Gasteiger partial charge in [-0.25, -0.2) is 4.79 Å². The molecule has 0 spiro atoms. The molecule has 0 radical (unpaired) electrons. The van der Waals surface area contributed by atoms with E-state index in [4.69, 9.17) is 27.9 Å². The third kappa shape index (κ3) is 3.78. The second-order valence-electron chi connectivity index (χ2n) is 5.25. The highest BCUT2D eigenvalue weighted by Crippen LogP contribution is 2.36. The Labute approximate surface area is 154 Å². The van der Waals surface area contributed by atoms with E-state index in [0.717, 1.165) is 5.56 Å². The standard InChI is InChI=1S/C18H13Cl2NO4/c1-24-17(22)9-25-16-5-3-11(19)6-10(16)7-14-13-4-2-12(20)8-15(13)21-18(14)23/h2-8H,9H2,1H3,(H,21,23)/b14-7-. The first-order chi connectivity index (χ1) is 12.0.